The zero-order chi connectivity index (χ0) is 13.3. The molecule has 1 aromatic carbocycles. The van der Waals surface area contributed by atoms with E-state index in [1.165, 1.54) is 0 Å². The van der Waals surface area contributed by atoms with Crippen molar-refractivity contribution in [1.82, 2.24) is 0 Å². The molecule has 0 amide bonds. The predicted octanol–water partition coefficient (Wildman–Crippen LogP) is 2.20. The Hall–Kier alpha value is -1.26. The molecule has 0 bridgehead atoms. The van der Waals surface area contributed by atoms with Crippen LogP contribution in [0.3, 0.4) is 0 Å². The summed E-state index contributed by atoms with van der Waals surface area (Å²) in [6, 6.07) is 6.01. The molecule has 1 aromatic rings. The third kappa shape index (κ3) is 2.55. The van der Waals surface area contributed by atoms with E-state index in [0.717, 1.165) is 56.0 Å². The second-order valence-electron chi connectivity index (χ2n) is 5.42. The highest BCUT2D eigenvalue weighted by atomic mass is 16.5. The van der Waals surface area contributed by atoms with E-state index in [2.05, 4.69) is 0 Å². The van der Waals surface area contributed by atoms with E-state index in [0.29, 0.717) is 0 Å². The molecule has 4 heteroatoms. The highest BCUT2D eigenvalue weighted by molar-refractivity contribution is 5.51. The first-order chi connectivity index (χ1) is 9.23. The molecule has 0 spiro atoms. The third-order valence-corrected chi connectivity index (χ3v) is 3.97. The first kappa shape index (κ1) is 12.8. The van der Waals surface area contributed by atoms with E-state index in [9.17, 15) is 0 Å². The Labute approximate surface area is 113 Å². The summed E-state index contributed by atoms with van der Waals surface area (Å²) in [5, 5.41) is 0. The quantitative estimate of drug-likeness (QED) is 0.904. The minimum Gasteiger partial charge on any atom is -0.493 e. The van der Waals surface area contributed by atoms with Crippen LogP contribution in [0.2, 0.25) is 0 Å². The maximum absolute atomic E-state index is 6.29. The lowest BCUT2D eigenvalue weighted by molar-refractivity contribution is 0.0245. The summed E-state index contributed by atoms with van der Waals surface area (Å²) < 4.78 is 17.0. The lowest BCUT2D eigenvalue weighted by Crippen LogP contribution is -2.26. The van der Waals surface area contributed by atoms with Crippen molar-refractivity contribution in [2.24, 2.45) is 5.73 Å². The molecule has 2 N–H and O–H groups in total. The topological polar surface area (TPSA) is 53.7 Å². The summed E-state index contributed by atoms with van der Waals surface area (Å²) in [4.78, 5) is 0. The summed E-state index contributed by atoms with van der Waals surface area (Å²) >= 11 is 0. The summed E-state index contributed by atoms with van der Waals surface area (Å²) in [7, 11) is 1.68. The van der Waals surface area contributed by atoms with Crippen molar-refractivity contribution in [3.63, 3.8) is 0 Å². The summed E-state index contributed by atoms with van der Waals surface area (Å²) in [6.45, 7) is 1.54. The van der Waals surface area contributed by atoms with E-state index < -0.39 is 0 Å². The Kier molecular flexibility index (Phi) is 3.37. The van der Waals surface area contributed by atoms with E-state index in [1.54, 1.807) is 7.11 Å². The Balaban J connectivity index is 1.83. The fourth-order valence-corrected chi connectivity index (χ4v) is 2.59. The smallest absolute Gasteiger partial charge is 0.165 e. The number of para-hydroxylation sites is 1. The Morgan fingerprint density at radius 3 is 2.63 bits per heavy atom. The van der Waals surface area contributed by atoms with Gasteiger partial charge in [-0.25, -0.2) is 0 Å². The molecule has 19 heavy (non-hydrogen) atoms. The average molecular weight is 263 g/mol. The van der Waals surface area contributed by atoms with Crippen molar-refractivity contribution in [3.05, 3.63) is 23.8 Å². The molecular formula is C15H21NO3. The molecule has 0 radical (unpaired) electrons. The number of rotatable bonds is 4. The van der Waals surface area contributed by atoms with E-state index in [1.807, 2.05) is 18.2 Å². The highest BCUT2D eigenvalue weighted by Crippen LogP contribution is 2.49. The van der Waals surface area contributed by atoms with Crippen LogP contribution < -0.4 is 15.2 Å². The first-order valence-corrected chi connectivity index (χ1v) is 6.94. The minimum atomic E-state index is -0.208. The summed E-state index contributed by atoms with van der Waals surface area (Å²) in [5.41, 5.74) is 7.15. The summed E-state index contributed by atoms with van der Waals surface area (Å²) in [6.07, 6.45) is 4.11. The standard InChI is InChI=1S/C15H21NO3/c1-17-14-12(15(16)7-8-15)3-2-4-13(14)19-11-5-9-18-10-6-11/h2-4,11H,5-10,16H2,1H3. The number of methoxy groups -OCH3 is 1. The number of benzene rings is 1. The number of nitrogens with two attached hydrogens (primary N) is 1. The normalized spacial score (nSPS) is 22.0. The van der Waals surface area contributed by atoms with E-state index >= 15 is 0 Å². The van der Waals surface area contributed by atoms with Crippen LogP contribution >= 0.6 is 0 Å². The van der Waals surface area contributed by atoms with Crippen molar-refractivity contribution < 1.29 is 14.2 Å². The van der Waals surface area contributed by atoms with Gasteiger partial charge in [-0.05, 0) is 18.9 Å². The fraction of sp³-hybridized carbons (Fsp3) is 0.600. The van der Waals surface area contributed by atoms with Crippen LogP contribution in [-0.4, -0.2) is 26.4 Å². The highest BCUT2D eigenvalue weighted by Gasteiger charge is 2.43. The predicted molar refractivity (Wildman–Crippen MR) is 72.6 cm³/mol. The van der Waals surface area contributed by atoms with Crippen LogP contribution in [0.1, 0.15) is 31.2 Å². The van der Waals surface area contributed by atoms with Gasteiger partial charge >= 0.3 is 0 Å². The van der Waals surface area contributed by atoms with Gasteiger partial charge in [0, 0.05) is 23.9 Å². The van der Waals surface area contributed by atoms with Gasteiger partial charge in [-0.2, -0.15) is 0 Å². The van der Waals surface area contributed by atoms with Crippen LogP contribution in [0.15, 0.2) is 18.2 Å². The molecule has 0 unspecified atom stereocenters. The van der Waals surface area contributed by atoms with Crippen LogP contribution in [0, 0.1) is 0 Å². The van der Waals surface area contributed by atoms with Gasteiger partial charge in [-0.15, -0.1) is 0 Å². The molecule has 104 valence electrons. The Bertz CT molecular complexity index is 451. The zero-order valence-electron chi connectivity index (χ0n) is 11.4. The number of hydrogen-bond acceptors (Lipinski definition) is 4. The molecule has 0 aromatic heterocycles. The van der Waals surface area contributed by atoms with Crippen LogP contribution in [0.25, 0.3) is 0 Å². The molecule has 3 rings (SSSR count). The first-order valence-electron chi connectivity index (χ1n) is 6.94. The Morgan fingerprint density at radius 2 is 2.00 bits per heavy atom. The lowest BCUT2D eigenvalue weighted by atomic mass is 10.0. The maximum atomic E-state index is 6.29. The zero-order valence-corrected chi connectivity index (χ0v) is 11.4. The van der Waals surface area contributed by atoms with Crippen molar-refractivity contribution >= 4 is 0 Å². The number of ether oxygens (including phenoxy) is 3. The lowest BCUT2D eigenvalue weighted by Gasteiger charge is -2.25. The minimum absolute atomic E-state index is 0.208. The molecule has 1 heterocycles. The van der Waals surface area contributed by atoms with Crippen LogP contribution in [0.5, 0.6) is 11.5 Å². The van der Waals surface area contributed by atoms with Gasteiger partial charge in [0.15, 0.2) is 11.5 Å². The molecule has 0 atom stereocenters. The van der Waals surface area contributed by atoms with Crippen LogP contribution in [-0.2, 0) is 10.3 Å². The number of hydrogen-bond donors (Lipinski definition) is 1. The van der Waals surface area contributed by atoms with Gasteiger partial charge in [0.05, 0.1) is 20.3 Å². The van der Waals surface area contributed by atoms with Crippen LogP contribution in [0.4, 0.5) is 0 Å². The molecule has 4 nitrogen and oxygen atoms in total. The van der Waals surface area contributed by atoms with Gasteiger partial charge in [-0.3, -0.25) is 0 Å². The van der Waals surface area contributed by atoms with Gasteiger partial charge < -0.3 is 19.9 Å². The molecule has 1 saturated carbocycles. The average Bonchev–Trinajstić information content (AvgIpc) is 3.19. The van der Waals surface area contributed by atoms with Gasteiger partial charge in [-0.1, -0.05) is 12.1 Å². The summed E-state index contributed by atoms with van der Waals surface area (Å²) in [5.74, 6) is 1.61. The molecule has 1 aliphatic carbocycles. The molecular weight excluding hydrogens is 242 g/mol. The van der Waals surface area contributed by atoms with Crippen molar-refractivity contribution in [3.8, 4) is 11.5 Å². The van der Waals surface area contributed by atoms with E-state index in [-0.39, 0.29) is 11.6 Å². The van der Waals surface area contributed by atoms with Crippen molar-refractivity contribution in [2.45, 2.75) is 37.3 Å². The maximum Gasteiger partial charge on any atom is 0.165 e. The molecule has 2 aliphatic rings. The van der Waals surface area contributed by atoms with Gasteiger partial charge in [0.25, 0.3) is 0 Å². The molecule has 2 fully saturated rings. The van der Waals surface area contributed by atoms with Gasteiger partial charge in [0.1, 0.15) is 6.10 Å². The van der Waals surface area contributed by atoms with Crippen molar-refractivity contribution in [1.29, 1.82) is 0 Å². The van der Waals surface area contributed by atoms with Gasteiger partial charge in [0.2, 0.25) is 0 Å². The molecule has 1 aliphatic heterocycles. The fourth-order valence-electron chi connectivity index (χ4n) is 2.59. The van der Waals surface area contributed by atoms with Crippen molar-refractivity contribution in [2.75, 3.05) is 20.3 Å². The third-order valence-electron chi connectivity index (χ3n) is 3.97. The second-order valence-corrected chi connectivity index (χ2v) is 5.42. The SMILES string of the molecule is COc1c(OC2CCOCC2)cccc1C1(N)CC1. The van der Waals surface area contributed by atoms with E-state index in [4.69, 9.17) is 19.9 Å². The monoisotopic (exact) mass is 263 g/mol. The second kappa shape index (κ2) is 5.02. The largest absolute Gasteiger partial charge is 0.493 e. The Morgan fingerprint density at radius 1 is 1.26 bits per heavy atom. The molecule has 1 saturated heterocycles.